The van der Waals surface area contributed by atoms with Crippen molar-refractivity contribution in [3.8, 4) is 0 Å². The number of anilines is 1. The minimum Gasteiger partial charge on any atom is -0.332 e. The van der Waals surface area contributed by atoms with Crippen LogP contribution in [0.3, 0.4) is 0 Å². The Kier molecular flexibility index (Phi) is 3.17. The summed E-state index contributed by atoms with van der Waals surface area (Å²) in [4.78, 5) is 25.0. The first-order valence-corrected chi connectivity index (χ1v) is 6.43. The summed E-state index contributed by atoms with van der Waals surface area (Å²) < 4.78 is 13.6. The summed E-state index contributed by atoms with van der Waals surface area (Å²) in [6.45, 7) is 2.28. The highest BCUT2D eigenvalue weighted by molar-refractivity contribution is 6.04. The molecule has 2 N–H and O–H groups in total. The number of H-pyrrole nitrogens is 1. The van der Waals surface area contributed by atoms with Crippen LogP contribution in [0.1, 0.15) is 28.5 Å². The Morgan fingerprint density at radius 1 is 1.33 bits per heavy atom. The van der Waals surface area contributed by atoms with Gasteiger partial charge in [0.05, 0.1) is 24.3 Å². The van der Waals surface area contributed by atoms with Gasteiger partial charge < -0.3 is 10.2 Å². The molecule has 1 aliphatic rings. The van der Waals surface area contributed by atoms with Crippen molar-refractivity contribution < 1.29 is 14.0 Å². The molecule has 0 atom stereocenters. The summed E-state index contributed by atoms with van der Waals surface area (Å²) in [6.07, 6.45) is 0. The van der Waals surface area contributed by atoms with Crippen LogP contribution in [0.25, 0.3) is 0 Å². The van der Waals surface area contributed by atoms with Gasteiger partial charge in [-0.2, -0.15) is 5.10 Å². The molecule has 6 nitrogen and oxygen atoms in total. The van der Waals surface area contributed by atoms with Crippen molar-refractivity contribution in [2.75, 3.05) is 5.32 Å². The second kappa shape index (κ2) is 5.01. The Balaban J connectivity index is 1.81. The molecule has 0 radical (unpaired) electrons. The van der Waals surface area contributed by atoms with E-state index >= 15 is 0 Å². The Morgan fingerprint density at radius 3 is 2.81 bits per heavy atom. The highest BCUT2D eigenvalue weighted by Gasteiger charge is 2.27. The van der Waals surface area contributed by atoms with Gasteiger partial charge in [-0.25, -0.2) is 4.39 Å². The lowest BCUT2D eigenvalue weighted by atomic mass is 10.2. The molecule has 1 aliphatic heterocycles. The van der Waals surface area contributed by atoms with E-state index in [4.69, 9.17) is 0 Å². The minimum absolute atomic E-state index is 0.0396. The summed E-state index contributed by atoms with van der Waals surface area (Å²) in [6, 6.07) is 5.74. The van der Waals surface area contributed by atoms with Crippen molar-refractivity contribution in [1.29, 1.82) is 0 Å². The zero-order chi connectivity index (χ0) is 15.0. The number of benzene rings is 1. The van der Waals surface area contributed by atoms with Crippen LogP contribution in [0.2, 0.25) is 0 Å². The monoisotopic (exact) mass is 288 g/mol. The number of hydrogen-bond donors (Lipinski definition) is 2. The molecule has 2 heterocycles. The Hall–Kier alpha value is -2.70. The third-order valence-corrected chi connectivity index (χ3v) is 3.44. The maximum absolute atomic E-state index is 13.6. The molecule has 1 aromatic heterocycles. The Labute approximate surface area is 120 Å². The second-order valence-electron chi connectivity index (χ2n) is 4.83. The first kappa shape index (κ1) is 13.3. The summed E-state index contributed by atoms with van der Waals surface area (Å²) >= 11 is 0. The number of aromatic amines is 1. The quantitative estimate of drug-likeness (QED) is 0.882. The molecule has 1 aromatic carbocycles. The molecule has 0 saturated heterocycles. The Bertz CT molecular complexity index is 726. The van der Waals surface area contributed by atoms with Gasteiger partial charge in [0, 0.05) is 12.5 Å². The molecule has 0 bridgehead atoms. The number of carbonyl (C=O) groups excluding carboxylic acids is 2. The number of amides is 2. The van der Waals surface area contributed by atoms with E-state index in [0.29, 0.717) is 24.6 Å². The molecular formula is C14H13FN4O2. The van der Waals surface area contributed by atoms with E-state index in [2.05, 4.69) is 15.5 Å². The topological polar surface area (TPSA) is 78.1 Å². The van der Waals surface area contributed by atoms with Crippen LogP contribution in [-0.4, -0.2) is 26.9 Å². The maximum atomic E-state index is 13.6. The average molecular weight is 288 g/mol. The summed E-state index contributed by atoms with van der Waals surface area (Å²) in [5, 5.41) is 9.39. The van der Waals surface area contributed by atoms with E-state index in [1.165, 1.54) is 25.1 Å². The number of halogens is 1. The maximum Gasteiger partial charge on any atom is 0.259 e. The van der Waals surface area contributed by atoms with E-state index in [1.54, 1.807) is 11.0 Å². The van der Waals surface area contributed by atoms with Crippen LogP contribution < -0.4 is 5.32 Å². The van der Waals surface area contributed by atoms with Crippen molar-refractivity contribution in [2.24, 2.45) is 0 Å². The van der Waals surface area contributed by atoms with Crippen LogP contribution >= 0.6 is 0 Å². The fourth-order valence-corrected chi connectivity index (χ4v) is 2.28. The second-order valence-corrected chi connectivity index (χ2v) is 4.83. The molecule has 0 unspecified atom stereocenters. The molecule has 0 aliphatic carbocycles. The molecule has 3 rings (SSSR count). The lowest BCUT2D eigenvalue weighted by molar-refractivity contribution is -0.129. The van der Waals surface area contributed by atoms with E-state index in [9.17, 15) is 14.0 Å². The van der Waals surface area contributed by atoms with E-state index in [0.717, 1.165) is 5.56 Å². The Morgan fingerprint density at radius 2 is 2.10 bits per heavy atom. The number of nitrogens with one attached hydrogen (secondary N) is 2. The SMILES string of the molecule is CC(=O)N1Cc2n[nH]c(NC(=O)c3ccccc3F)c2C1. The van der Waals surface area contributed by atoms with E-state index < -0.39 is 11.7 Å². The summed E-state index contributed by atoms with van der Waals surface area (Å²) in [5.74, 6) is -0.793. The third kappa shape index (κ3) is 2.37. The van der Waals surface area contributed by atoms with Crippen LogP contribution in [0.4, 0.5) is 10.2 Å². The molecule has 0 spiro atoms. The van der Waals surface area contributed by atoms with Gasteiger partial charge in [0.25, 0.3) is 5.91 Å². The van der Waals surface area contributed by atoms with E-state index in [-0.39, 0.29) is 11.5 Å². The van der Waals surface area contributed by atoms with Gasteiger partial charge in [-0.05, 0) is 12.1 Å². The van der Waals surface area contributed by atoms with Gasteiger partial charge in [-0.15, -0.1) is 0 Å². The van der Waals surface area contributed by atoms with Crippen molar-refractivity contribution >= 4 is 17.6 Å². The van der Waals surface area contributed by atoms with Gasteiger partial charge in [0.15, 0.2) is 0 Å². The van der Waals surface area contributed by atoms with Gasteiger partial charge in [-0.3, -0.25) is 14.7 Å². The van der Waals surface area contributed by atoms with Gasteiger partial charge in [0.1, 0.15) is 11.6 Å². The molecule has 7 heteroatoms. The summed E-state index contributed by atoms with van der Waals surface area (Å²) in [7, 11) is 0. The third-order valence-electron chi connectivity index (χ3n) is 3.44. The zero-order valence-electron chi connectivity index (χ0n) is 11.3. The molecule has 2 aromatic rings. The van der Waals surface area contributed by atoms with Crippen molar-refractivity contribution in [3.05, 3.63) is 46.9 Å². The lowest BCUT2D eigenvalue weighted by Gasteiger charge is -2.12. The number of nitrogens with zero attached hydrogens (tertiary/aromatic N) is 2. The largest absolute Gasteiger partial charge is 0.332 e. The standard InChI is InChI=1S/C14H13FN4O2/c1-8(20)19-6-10-12(7-19)17-18-13(10)16-14(21)9-4-2-3-5-11(9)15/h2-5H,6-7H2,1H3,(H2,16,17,18,21). The molecule has 0 fully saturated rings. The van der Waals surface area contributed by atoms with Gasteiger partial charge in [-0.1, -0.05) is 12.1 Å². The fourth-order valence-electron chi connectivity index (χ4n) is 2.28. The zero-order valence-corrected chi connectivity index (χ0v) is 11.3. The minimum atomic E-state index is -0.587. The summed E-state index contributed by atoms with van der Waals surface area (Å²) in [5.41, 5.74) is 1.44. The molecule has 21 heavy (non-hydrogen) atoms. The van der Waals surface area contributed by atoms with Gasteiger partial charge >= 0.3 is 0 Å². The highest BCUT2D eigenvalue weighted by Crippen LogP contribution is 2.27. The molecular weight excluding hydrogens is 275 g/mol. The predicted molar refractivity (Wildman–Crippen MR) is 72.9 cm³/mol. The van der Waals surface area contributed by atoms with Crippen LogP contribution in [0.15, 0.2) is 24.3 Å². The predicted octanol–water partition coefficient (Wildman–Crippen LogP) is 1.66. The van der Waals surface area contributed by atoms with Crippen molar-refractivity contribution in [2.45, 2.75) is 20.0 Å². The number of aromatic nitrogens is 2. The average Bonchev–Trinajstić information content (AvgIpc) is 3.01. The smallest absolute Gasteiger partial charge is 0.259 e. The number of rotatable bonds is 2. The highest BCUT2D eigenvalue weighted by atomic mass is 19.1. The normalized spacial score (nSPS) is 13.1. The molecule has 2 amide bonds. The number of carbonyl (C=O) groups is 2. The number of hydrogen-bond acceptors (Lipinski definition) is 3. The van der Waals surface area contributed by atoms with E-state index in [1.807, 2.05) is 0 Å². The van der Waals surface area contributed by atoms with Crippen molar-refractivity contribution in [1.82, 2.24) is 15.1 Å². The van der Waals surface area contributed by atoms with Gasteiger partial charge in [0.2, 0.25) is 5.91 Å². The molecule has 0 saturated carbocycles. The number of fused-ring (bicyclic) bond motifs is 1. The van der Waals surface area contributed by atoms with Crippen LogP contribution in [0.5, 0.6) is 0 Å². The lowest BCUT2D eigenvalue weighted by Crippen LogP contribution is -2.23. The first-order chi connectivity index (χ1) is 10.1. The molecule has 108 valence electrons. The van der Waals surface area contributed by atoms with Crippen LogP contribution in [0, 0.1) is 5.82 Å². The first-order valence-electron chi connectivity index (χ1n) is 6.43. The van der Waals surface area contributed by atoms with Crippen molar-refractivity contribution in [3.63, 3.8) is 0 Å². The van der Waals surface area contributed by atoms with Crippen LogP contribution in [-0.2, 0) is 17.9 Å². The fraction of sp³-hybridized carbons (Fsp3) is 0.214.